The highest BCUT2D eigenvalue weighted by molar-refractivity contribution is 5.94. The number of nitrogens with zero attached hydrogens (tertiary/aromatic N) is 1. The van der Waals surface area contributed by atoms with Crippen LogP contribution >= 0.6 is 0 Å². The normalized spacial score (nSPS) is 10.5. The summed E-state index contributed by atoms with van der Waals surface area (Å²) in [6, 6.07) is 30.5. The van der Waals surface area contributed by atoms with E-state index in [1.54, 1.807) is 45.4 Å². The monoisotopic (exact) mass is 523 g/mol. The molecule has 0 aromatic heterocycles. The van der Waals surface area contributed by atoms with E-state index in [0.29, 0.717) is 48.9 Å². The standard InChI is InChI=1S/C33H33NO5/c1-24(35)19-25-9-14-31(15-10-25)39-23-29-20-27(11-18-32(29)38-3)22-34(21-26-7-5-4-6-8-26)33(36)28-12-16-30(37-2)17-13-28/h4-18,20H,19,21-23H2,1-3H3. The van der Waals surface area contributed by atoms with Crippen molar-refractivity contribution in [1.82, 2.24) is 4.90 Å². The van der Waals surface area contributed by atoms with E-state index in [4.69, 9.17) is 14.2 Å². The molecule has 4 aromatic rings. The van der Waals surface area contributed by atoms with Crippen molar-refractivity contribution in [3.05, 3.63) is 125 Å². The van der Waals surface area contributed by atoms with Crippen LogP contribution in [0.15, 0.2) is 97.1 Å². The van der Waals surface area contributed by atoms with E-state index in [0.717, 1.165) is 22.3 Å². The Bertz CT molecular complexity index is 1380. The summed E-state index contributed by atoms with van der Waals surface area (Å²) < 4.78 is 16.9. The number of amides is 1. The molecule has 0 aliphatic heterocycles. The minimum Gasteiger partial charge on any atom is -0.497 e. The highest BCUT2D eigenvalue weighted by Gasteiger charge is 2.18. The van der Waals surface area contributed by atoms with E-state index in [9.17, 15) is 9.59 Å². The SMILES string of the molecule is COc1ccc(C(=O)N(Cc2ccccc2)Cc2ccc(OC)c(COc3ccc(CC(C)=O)cc3)c2)cc1. The molecule has 1 amide bonds. The van der Waals surface area contributed by atoms with Gasteiger partial charge in [0, 0.05) is 30.6 Å². The van der Waals surface area contributed by atoms with Gasteiger partial charge in [-0.15, -0.1) is 0 Å². The maximum absolute atomic E-state index is 13.6. The number of hydrogen-bond donors (Lipinski definition) is 0. The molecule has 6 heteroatoms. The molecule has 6 nitrogen and oxygen atoms in total. The van der Waals surface area contributed by atoms with Crippen LogP contribution in [0.2, 0.25) is 0 Å². The summed E-state index contributed by atoms with van der Waals surface area (Å²) in [5.74, 6) is 2.17. The number of carbonyl (C=O) groups is 2. The van der Waals surface area contributed by atoms with Crippen LogP contribution in [-0.2, 0) is 30.9 Å². The molecule has 4 aromatic carbocycles. The Morgan fingerprint density at radius 3 is 1.97 bits per heavy atom. The van der Waals surface area contributed by atoms with E-state index < -0.39 is 0 Å². The summed E-state index contributed by atoms with van der Waals surface area (Å²) in [5, 5.41) is 0. The van der Waals surface area contributed by atoms with Crippen LogP contribution in [0.3, 0.4) is 0 Å². The average molecular weight is 524 g/mol. The molecule has 0 aliphatic carbocycles. The number of Topliss-reactive ketones (excluding diaryl/α,β-unsaturated/α-hetero) is 1. The fourth-order valence-electron chi connectivity index (χ4n) is 4.34. The highest BCUT2D eigenvalue weighted by Crippen LogP contribution is 2.25. The quantitative estimate of drug-likeness (QED) is 0.219. The Morgan fingerprint density at radius 1 is 0.692 bits per heavy atom. The number of benzene rings is 4. The maximum atomic E-state index is 13.6. The molecule has 39 heavy (non-hydrogen) atoms. The van der Waals surface area contributed by atoms with E-state index in [1.807, 2.05) is 77.7 Å². The van der Waals surface area contributed by atoms with Crippen LogP contribution in [0.4, 0.5) is 0 Å². The number of rotatable bonds is 12. The van der Waals surface area contributed by atoms with Gasteiger partial charge in [0.1, 0.15) is 29.6 Å². The van der Waals surface area contributed by atoms with Crippen LogP contribution in [0.25, 0.3) is 0 Å². The van der Waals surface area contributed by atoms with Crippen molar-refractivity contribution >= 4 is 11.7 Å². The minimum atomic E-state index is -0.0687. The number of ether oxygens (including phenoxy) is 3. The maximum Gasteiger partial charge on any atom is 0.254 e. The number of methoxy groups -OCH3 is 2. The minimum absolute atomic E-state index is 0.0687. The number of ketones is 1. The van der Waals surface area contributed by atoms with Crippen LogP contribution in [0.5, 0.6) is 17.2 Å². The third-order valence-corrected chi connectivity index (χ3v) is 6.33. The summed E-state index contributed by atoms with van der Waals surface area (Å²) in [6.45, 7) is 2.76. The van der Waals surface area contributed by atoms with Crippen molar-refractivity contribution in [2.24, 2.45) is 0 Å². The topological polar surface area (TPSA) is 65.1 Å². The van der Waals surface area contributed by atoms with Gasteiger partial charge >= 0.3 is 0 Å². The second-order valence-electron chi connectivity index (χ2n) is 9.33. The van der Waals surface area contributed by atoms with Crippen molar-refractivity contribution in [2.75, 3.05) is 14.2 Å². The fraction of sp³-hybridized carbons (Fsp3) is 0.212. The number of hydrogen-bond acceptors (Lipinski definition) is 5. The Kier molecular flexibility index (Phi) is 9.35. The molecular weight excluding hydrogens is 490 g/mol. The van der Waals surface area contributed by atoms with Gasteiger partial charge in [0.2, 0.25) is 0 Å². The highest BCUT2D eigenvalue weighted by atomic mass is 16.5. The molecule has 0 N–H and O–H groups in total. The van der Waals surface area contributed by atoms with E-state index >= 15 is 0 Å². The van der Waals surface area contributed by atoms with Gasteiger partial charge in [-0.05, 0) is 72.1 Å². The lowest BCUT2D eigenvalue weighted by Crippen LogP contribution is -2.30. The molecule has 0 bridgehead atoms. The molecule has 0 unspecified atom stereocenters. The van der Waals surface area contributed by atoms with Crippen molar-refractivity contribution in [3.8, 4) is 17.2 Å². The van der Waals surface area contributed by atoms with Crippen LogP contribution in [-0.4, -0.2) is 30.8 Å². The van der Waals surface area contributed by atoms with Gasteiger partial charge in [-0.3, -0.25) is 9.59 Å². The van der Waals surface area contributed by atoms with E-state index in [1.165, 1.54) is 0 Å². The van der Waals surface area contributed by atoms with Gasteiger partial charge in [-0.25, -0.2) is 0 Å². The first-order valence-electron chi connectivity index (χ1n) is 12.8. The lowest BCUT2D eigenvalue weighted by Gasteiger charge is -2.24. The smallest absolute Gasteiger partial charge is 0.254 e. The van der Waals surface area contributed by atoms with Crippen molar-refractivity contribution in [3.63, 3.8) is 0 Å². The largest absolute Gasteiger partial charge is 0.497 e. The van der Waals surface area contributed by atoms with Gasteiger partial charge in [0.05, 0.1) is 14.2 Å². The van der Waals surface area contributed by atoms with Gasteiger partial charge in [0.25, 0.3) is 5.91 Å². The van der Waals surface area contributed by atoms with Crippen molar-refractivity contribution < 1.29 is 23.8 Å². The van der Waals surface area contributed by atoms with Gasteiger partial charge in [0.15, 0.2) is 0 Å². The Hall–Kier alpha value is -4.58. The van der Waals surface area contributed by atoms with Crippen LogP contribution in [0.1, 0.15) is 39.5 Å². The lowest BCUT2D eigenvalue weighted by atomic mass is 10.1. The third kappa shape index (κ3) is 7.71. The Balaban J connectivity index is 1.53. The molecule has 0 radical (unpaired) electrons. The number of carbonyl (C=O) groups excluding carboxylic acids is 2. The zero-order chi connectivity index (χ0) is 27.6. The molecular formula is C33H33NO5. The Morgan fingerprint density at radius 2 is 1.33 bits per heavy atom. The summed E-state index contributed by atoms with van der Waals surface area (Å²) in [4.78, 5) is 26.8. The molecule has 0 heterocycles. The van der Waals surface area contributed by atoms with Gasteiger partial charge < -0.3 is 19.1 Å². The van der Waals surface area contributed by atoms with Gasteiger partial charge in [-0.1, -0.05) is 48.5 Å². The fourth-order valence-corrected chi connectivity index (χ4v) is 4.34. The zero-order valence-electron chi connectivity index (χ0n) is 22.6. The first-order chi connectivity index (χ1) is 18.9. The third-order valence-electron chi connectivity index (χ3n) is 6.33. The van der Waals surface area contributed by atoms with Crippen molar-refractivity contribution in [2.45, 2.75) is 33.0 Å². The van der Waals surface area contributed by atoms with Crippen molar-refractivity contribution in [1.29, 1.82) is 0 Å². The second kappa shape index (κ2) is 13.3. The molecule has 0 fully saturated rings. The molecule has 0 atom stereocenters. The molecule has 0 aliphatic rings. The first kappa shape index (κ1) is 27.5. The molecule has 0 saturated heterocycles. The summed E-state index contributed by atoms with van der Waals surface area (Å²) in [5.41, 5.74) is 4.43. The van der Waals surface area contributed by atoms with Crippen LogP contribution in [0, 0.1) is 0 Å². The Labute approximate surface area is 229 Å². The molecule has 200 valence electrons. The molecule has 4 rings (SSSR count). The summed E-state index contributed by atoms with van der Waals surface area (Å²) in [6.07, 6.45) is 0.408. The second-order valence-corrected chi connectivity index (χ2v) is 9.33. The molecule has 0 saturated carbocycles. The van der Waals surface area contributed by atoms with Gasteiger partial charge in [-0.2, -0.15) is 0 Å². The predicted octanol–water partition coefficient (Wildman–Crippen LogP) is 6.26. The first-order valence-corrected chi connectivity index (χ1v) is 12.8. The van der Waals surface area contributed by atoms with E-state index in [2.05, 4.69) is 0 Å². The average Bonchev–Trinajstić information content (AvgIpc) is 2.96. The zero-order valence-corrected chi connectivity index (χ0v) is 22.6. The molecule has 0 spiro atoms. The summed E-state index contributed by atoms with van der Waals surface area (Å²) >= 11 is 0. The van der Waals surface area contributed by atoms with E-state index in [-0.39, 0.29) is 11.7 Å². The van der Waals surface area contributed by atoms with Crippen LogP contribution < -0.4 is 14.2 Å². The summed E-state index contributed by atoms with van der Waals surface area (Å²) in [7, 11) is 3.23. The lowest BCUT2D eigenvalue weighted by molar-refractivity contribution is -0.116. The predicted molar refractivity (Wildman–Crippen MR) is 151 cm³/mol.